The molecule has 5 nitrogen and oxygen atoms in total. The van der Waals surface area contributed by atoms with Crippen LogP contribution in [0, 0.1) is 23.2 Å². The van der Waals surface area contributed by atoms with Gasteiger partial charge in [0.25, 0.3) is 5.95 Å². The summed E-state index contributed by atoms with van der Waals surface area (Å²) in [6, 6.07) is 0. The molecule has 0 spiro atoms. The third kappa shape index (κ3) is 1.71. The van der Waals surface area contributed by atoms with Crippen LogP contribution in [0.15, 0.2) is 0 Å². The fraction of sp³-hybridized carbons (Fsp3) is 0.923. The lowest BCUT2D eigenvalue weighted by Gasteiger charge is -2.57. The molecule has 2 N–H and O–H groups in total. The maximum Gasteiger partial charge on any atom is 0.260 e. The highest BCUT2D eigenvalue weighted by Gasteiger charge is 2.50. The molecular weight excluding hydrogens is 226 g/mol. The van der Waals surface area contributed by atoms with Crippen LogP contribution in [0.5, 0.6) is 0 Å². The van der Waals surface area contributed by atoms with E-state index in [1.54, 1.807) is 4.80 Å². The molecule has 0 radical (unpaired) electrons. The molecule has 0 aliphatic heterocycles. The molecule has 18 heavy (non-hydrogen) atoms. The van der Waals surface area contributed by atoms with Crippen molar-refractivity contribution >= 4 is 5.95 Å². The van der Waals surface area contributed by atoms with E-state index in [2.05, 4.69) is 15.4 Å². The Kier molecular flexibility index (Phi) is 2.20. The number of anilines is 1. The van der Waals surface area contributed by atoms with Crippen LogP contribution in [0.2, 0.25) is 0 Å². The van der Waals surface area contributed by atoms with Crippen molar-refractivity contribution in [2.24, 2.45) is 23.2 Å². The monoisotopic (exact) mass is 247 g/mol. The average Bonchev–Trinajstić information content (AvgIpc) is 2.71. The SMILES string of the molecule is Nc1nnn(CCC23CC4CC(CC(C4)C2)C3)n1. The van der Waals surface area contributed by atoms with Crippen LogP contribution in [-0.4, -0.2) is 20.2 Å². The van der Waals surface area contributed by atoms with Gasteiger partial charge in [-0.15, -0.1) is 5.10 Å². The van der Waals surface area contributed by atoms with Crippen LogP contribution in [0.4, 0.5) is 5.95 Å². The summed E-state index contributed by atoms with van der Waals surface area (Å²) in [5.41, 5.74) is 6.10. The molecule has 4 aliphatic carbocycles. The highest BCUT2D eigenvalue weighted by Crippen LogP contribution is 2.61. The molecule has 5 rings (SSSR count). The summed E-state index contributed by atoms with van der Waals surface area (Å²) in [5, 5.41) is 11.8. The summed E-state index contributed by atoms with van der Waals surface area (Å²) in [6.07, 6.45) is 10.1. The molecule has 1 aromatic rings. The number of hydrogen-bond acceptors (Lipinski definition) is 4. The van der Waals surface area contributed by atoms with E-state index in [1.165, 1.54) is 44.9 Å². The average molecular weight is 247 g/mol. The number of rotatable bonds is 3. The van der Waals surface area contributed by atoms with Crippen molar-refractivity contribution in [3.05, 3.63) is 0 Å². The zero-order chi connectivity index (χ0) is 12.2. The van der Waals surface area contributed by atoms with Gasteiger partial charge in [0.15, 0.2) is 0 Å². The second-order valence-corrected chi connectivity index (χ2v) is 6.91. The van der Waals surface area contributed by atoms with Crippen molar-refractivity contribution in [1.82, 2.24) is 20.2 Å². The van der Waals surface area contributed by atoms with Gasteiger partial charge >= 0.3 is 0 Å². The van der Waals surface area contributed by atoms with Gasteiger partial charge in [-0.3, -0.25) is 0 Å². The van der Waals surface area contributed by atoms with E-state index in [-0.39, 0.29) is 0 Å². The van der Waals surface area contributed by atoms with Crippen molar-refractivity contribution in [2.75, 3.05) is 5.73 Å². The van der Waals surface area contributed by atoms with Gasteiger partial charge in [-0.05, 0) is 73.3 Å². The minimum atomic E-state index is 0.292. The first-order valence-electron chi connectivity index (χ1n) is 7.24. The van der Waals surface area contributed by atoms with Crippen LogP contribution in [-0.2, 0) is 6.54 Å². The van der Waals surface area contributed by atoms with Crippen molar-refractivity contribution < 1.29 is 0 Å². The number of nitrogens with two attached hydrogens (primary N) is 1. The van der Waals surface area contributed by atoms with Gasteiger partial charge in [0, 0.05) is 0 Å². The zero-order valence-corrected chi connectivity index (χ0v) is 10.8. The molecule has 4 aliphatic rings. The molecule has 0 unspecified atom stereocenters. The number of nitrogens with zero attached hydrogens (tertiary/aromatic N) is 4. The predicted octanol–water partition coefficient (Wildman–Crippen LogP) is 1.86. The van der Waals surface area contributed by atoms with E-state index in [0.717, 1.165) is 24.3 Å². The summed E-state index contributed by atoms with van der Waals surface area (Å²) in [5.74, 6) is 3.35. The molecule has 0 saturated heterocycles. The second kappa shape index (κ2) is 3.68. The molecule has 4 saturated carbocycles. The minimum absolute atomic E-state index is 0.292. The van der Waals surface area contributed by atoms with Gasteiger partial charge < -0.3 is 5.73 Å². The summed E-state index contributed by atoms with van der Waals surface area (Å²) in [6.45, 7) is 0.885. The van der Waals surface area contributed by atoms with E-state index < -0.39 is 0 Å². The second-order valence-electron chi connectivity index (χ2n) is 6.91. The van der Waals surface area contributed by atoms with Crippen LogP contribution < -0.4 is 5.73 Å². The van der Waals surface area contributed by atoms with E-state index >= 15 is 0 Å². The van der Waals surface area contributed by atoms with E-state index in [1.807, 2.05) is 0 Å². The molecule has 4 bridgehead atoms. The molecule has 4 fully saturated rings. The lowest BCUT2D eigenvalue weighted by Crippen LogP contribution is -2.46. The number of aryl methyl sites for hydroxylation is 1. The number of hydrogen-bond donors (Lipinski definition) is 1. The van der Waals surface area contributed by atoms with Crippen molar-refractivity contribution in [1.29, 1.82) is 0 Å². The smallest absolute Gasteiger partial charge is 0.260 e. The number of aromatic nitrogens is 4. The Morgan fingerprint density at radius 3 is 2.22 bits per heavy atom. The van der Waals surface area contributed by atoms with Gasteiger partial charge in [0.1, 0.15) is 0 Å². The van der Waals surface area contributed by atoms with Gasteiger partial charge in [0.2, 0.25) is 0 Å². The minimum Gasteiger partial charge on any atom is -0.365 e. The van der Waals surface area contributed by atoms with Crippen LogP contribution in [0.25, 0.3) is 0 Å². The number of nitrogen functional groups attached to an aromatic ring is 1. The molecule has 0 amide bonds. The maximum atomic E-state index is 5.51. The van der Waals surface area contributed by atoms with Crippen LogP contribution in [0.3, 0.4) is 0 Å². The highest BCUT2D eigenvalue weighted by atomic mass is 15.6. The predicted molar refractivity (Wildman–Crippen MR) is 67.5 cm³/mol. The first kappa shape index (κ1) is 10.8. The summed E-state index contributed by atoms with van der Waals surface area (Å²) < 4.78 is 0. The quantitative estimate of drug-likeness (QED) is 0.885. The van der Waals surface area contributed by atoms with Gasteiger partial charge in [-0.25, -0.2) is 0 Å². The topological polar surface area (TPSA) is 69.6 Å². The Hall–Kier alpha value is -1.13. The van der Waals surface area contributed by atoms with Gasteiger partial charge in [-0.1, -0.05) is 5.10 Å². The third-order valence-electron chi connectivity index (χ3n) is 5.48. The normalized spacial score (nSPS) is 41.4. The summed E-state index contributed by atoms with van der Waals surface area (Å²) in [4.78, 5) is 1.67. The third-order valence-corrected chi connectivity index (χ3v) is 5.48. The molecule has 98 valence electrons. The van der Waals surface area contributed by atoms with Crippen molar-refractivity contribution in [3.8, 4) is 0 Å². The lowest BCUT2D eigenvalue weighted by atomic mass is 9.49. The Balaban J connectivity index is 1.47. The molecule has 0 atom stereocenters. The molecule has 5 heteroatoms. The first-order chi connectivity index (χ1) is 8.71. The Morgan fingerprint density at radius 1 is 1.11 bits per heavy atom. The molecule has 1 heterocycles. The highest BCUT2D eigenvalue weighted by molar-refractivity contribution is 5.06. The Labute approximate surface area is 107 Å². The Morgan fingerprint density at radius 2 is 1.72 bits per heavy atom. The fourth-order valence-electron chi connectivity index (χ4n) is 5.28. The van der Waals surface area contributed by atoms with E-state index in [9.17, 15) is 0 Å². The van der Waals surface area contributed by atoms with Crippen LogP contribution in [0.1, 0.15) is 44.9 Å². The Bertz CT molecular complexity index is 417. The van der Waals surface area contributed by atoms with E-state index in [0.29, 0.717) is 11.4 Å². The maximum absolute atomic E-state index is 5.51. The molecular formula is C13H21N5. The fourth-order valence-corrected chi connectivity index (χ4v) is 5.28. The molecule has 0 aromatic carbocycles. The van der Waals surface area contributed by atoms with Gasteiger partial charge in [-0.2, -0.15) is 4.80 Å². The summed E-state index contributed by atoms with van der Waals surface area (Å²) >= 11 is 0. The standard InChI is InChI=1S/C13H21N5/c14-12-15-17-18(16-12)2-1-13-6-9-3-10(7-13)5-11(4-9)8-13/h9-11H,1-8H2,(H2,14,16). The molecule has 1 aromatic heterocycles. The number of tetrazole rings is 1. The van der Waals surface area contributed by atoms with Crippen molar-refractivity contribution in [2.45, 2.75) is 51.5 Å². The zero-order valence-electron chi connectivity index (χ0n) is 10.8. The van der Waals surface area contributed by atoms with Crippen molar-refractivity contribution in [3.63, 3.8) is 0 Å². The first-order valence-corrected chi connectivity index (χ1v) is 7.24. The van der Waals surface area contributed by atoms with Crippen LogP contribution >= 0.6 is 0 Å². The largest absolute Gasteiger partial charge is 0.365 e. The lowest BCUT2D eigenvalue weighted by molar-refractivity contribution is -0.0601. The van der Waals surface area contributed by atoms with Gasteiger partial charge in [0.05, 0.1) is 6.54 Å². The van der Waals surface area contributed by atoms with E-state index in [4.69, 9.17) is 5.73 Å². The summed E-state index contributed by atoms with van der Waals surface area (Å²) in [7, 11) is 0.